The molecule has 4 N–H and O–H groups in total. The zero-order chi connectivity index (χ0) is 51.3. The lowest BCUT2D eigenvalue weighted by molar-refractivity contribution is -0.155. The summed E-state index contributed by atoms with van der Waals surface area (Å²) in [5, 5.41) is 19.8. The van der Waals surface area contributed by atoms with Gasteiger partial charge >= 0.3 is 5.97 Å². The normalized spacial score (nSPS) is 18.3. The smallest absolute Gasteiger partial charge is 0.324 e. The Labute approximate surface area is 419 Å². The van der Waals surface area contributed by atoms with Crippen molar-refractivity contribution in [1.82, 2.24) is 40.1 Å². The molecule has 5 aromatic rings. The topological polar surface area (TPSA) is 201 Å². The van der Waals surface area contributed by atoms with Crippen LogP contribution in [0.5, 0.6) is 5.75 Å². The number of rotatable bonds is 13. The fourth-order valence-corrected chi connectivity index (χ4v) is 10.3. The lowest BCUT2D eigenvalue weighted by Gasteiger charge is -2.36. The van der Waals surface area contributed by atoms with E-state index in [4.69, 9.17) is 14.5 Å². The van der Waals surface area contributed by atoms with Crippen LogP contribution >= 0.6 is 11.3 Å². The molecule has 0 spiro atoms. The number of methoxy groups -OCH3 is 1. The molecule has 1 saturated heterocycles. The Hall–Kier alpha value is -6.47. The maximum atomic E-state index is 14.8. The minimum atomic E-state index is -1.21. The molecule has 0 radical (unpaired) electrons. The number of nitrogens with zero attached hydrogens (tertiary/aromatic N) is 6. The summed E-state index contributed by atoms with van der Waals surface area (Å²) in [6, 6.07) is 12.3. The van der Waals surface area contributed by atoms with Gasteiger partial charge in [-0.05, 0) is 112 Å². The second kappa shape index (κ2) is 22.3. The molecule has 2 aliphatic heterocycles. The van der Waals surface area contributed by atoms with Crippen LogP contribution in [0.4, 0.5) is 5.00 Å². The number of cyclic esters (lactones) is 1. The second-order valence-electron chi connectivity index (χ2n) is 19.8. The van der Waals surface area contributed by atoms with Crippen LogP contribution in [0.2, 0.25) is 0 Å². The number of aromatic hydroxyl groups is 1. The second-order valence-corrected chi connectivity index (χ2v) is 20.9. The fraction of sp³-hybridized carbons (Fsp3) is 0.453. The number of carbonyl (C=O) groups is 5. The first-order valence-corrected chi connectivity index (χ1v) is 25.0. The van der Waals surface area contributed by atoms with Crippen molar-refractivity contribution in [3.05, 3.63) is 94.9 Å². The largest absolute Gasteiger partial charge is 0.508 e. The number of pyridine rings is 1. The molecule has 18 heteroatoms. The van der Waals surface area contributed by atoms with Crippen LogP contribution in [-0.2, 0) is 48.0 Å². The summed E-state index contributed by atoms with van der Waals surface area (Å²) < 4.78 is 14.2. The van der Waals surface area contributed by atoms with Gasteiger partial charge in [-0.3, -0.25) is 34.0 Å². The van der Waals surface area contributed by atoms with Gasteiger partial charge < -0.3 is 39.6 Å². The molecule has 0 saturated carbocycles. The first-order chi connectivity index (χ1) is 33.8. The van der Waals surface area contributed by atoms with Gasteiger partial charge in [0.15, 0.2) is 5.01 Å². The Morgan fingerprint density at radius 3 is 2.56 bits per heavy atom. The Morgan fingerprint density at radius 1 is 1.07 bits per heavy atom. The molecule has 6 bridgehead atoms. The van der Waals surface area contributed by atoms with E-state index in [0.29, 0.717) is 48.5 Å². The summed E-state index contributed by atoms with van der Waals surface area (Å²) in [7, 11) is 6.94. The molecule has 71 heavy (non-hydrogen) atoms. The summed E-state index contributed by atoms with van der Waals surface area (Å²) in [6.07, 6.45) is 7.40. The van der Waals surface area contributed by atoms with Gasteiger partial charge in [0, 0.05) is 74.4 Å². The predicted octanol–water partition coefficient (Wildman–Crippen LogP) is 6.76. The van der Waals surface area contributed by atoms with Gasteiger partial charge in [0.25, 0.3) is 11.8 Å². The van der Waals surface area contributed by atoms with E-state index in [9.17, 15) is 29.1 Å². The summed E-state index contributed by atoms with van der Waals surface area (Å²) in [4.78, 5) is 82.1. The van der Waals surface area contributed by atoms with Crippen LogP contribution in [0.25, 0.3) is 33.3 Å². The van der Waals surface area contributed by atoms with Gasteiger partial charge in [-0.15, -0.1) is 0 Å². The summed E-state index contributed by atoms with van der Waals surface area (Å²) in [6.45, 7) is 13.4. The van der Waals surface area contributed by atoms with E-state index in [0.717, 1.165) is 50.3 Å². The van der Waals surface area contributed by atoms with Gasteiger partial charge in [-0.25, -0.2) is 10.4 Å². The number of anilines is 1. The molecule has 17 nitrogen and oxygen atoms in total. The number of phenols is 1. The molecule has 378 valence electrons. The van der Waals surface area contributed by atoms with Crippen molar-refractivity contribution in [1.29, 1.82) is 0 Å². The summed E-state index contributed by atoms with van der Waals surface area (Å²) >= 11 is 0.984. The van der Waals surface area contributed by atoms with Crippen LogP contribution in [0.3, 0.4) is 0 Å². The lowest BCUT2D eigenvalue weighted by atomic mass is 9.84. The number of carbonyl (C=O) groups excluding carboxylic acids is 5. The minimum Gasteiger partial charge on any atom is -0.508 e. The van der Waals surface area contributed by atoms with E-state index in [1.165, 1.54) is 29.2 Å². The number of likely N-dealkylation sites (N-methyl/N-ethyl adjacent to an activating group) is 2. The molecule has 1 unspecified atom stereocenters. The number of hydrazine groups is 1. The fourth-order valence-electron chi connectivity index (χ4n) is 9.49. The Kier molecular flexibility index (Phi) is 16.4. The van der Waals surface area contributed by atoms with E-state index in [2.05, 4.69) is 64.6 Å². The number of ether oxygens (including phenoxy) is 2. The summed E-state index contributed by atoms with van der Waals surface area (Å²) in [5.74, 6) is -2.95. The third kappa shape index (κ3) is 12.0. The maximum absolute atomic E-state index is 14.8. The van der Waals surface area contributed by atoms with Gasteiger partial charge in [0.2, 0.25) is 11.8 Å². The highest BCUT2D eigenvalue weighted by Gasteiger charge is 2.38. The van der Waals surface area contributed by atoms with Crippen molar-refractivity contribution in [2.75, 3.05) is 53.3 Å². The quantitative estimate of drug-likeness (QED) is 0.0715. The van der Waals surface area contributed by atoms with Crippen LogP contribution in [-0.4, -0.2) is 130 Å². The van der Waals surface area contributed by atoms with Crippen molar-refractivity contribution in [2.24, 2.45) is 11.3 Å². The molecule has 4 atom stereocenters. The molecule has 2 aliphatic rings. The average Bonchev–Trinajstić information content (AvgIpc) is 3.92. The molecule has 4 amide bonds. The molecule has 3 aromatic heterocycles. The standard InChI is InChI=1S/C53H67N9O8S/c1-11-61-42-19-18-34-27-38(42)39(47(61)37-15-12-20-54-45(37)32(4)69-10)28-53(5,6)30-70-52(68)40-16-13-22-62(58-40)50(66)41(25-33-23-35(34)26-36(63)24-33)56-48(65)46(31(2)3)60(9)51(67)49-55-29-44(71-49)57-43(64)17-14-21-59(7)8/h12,14-15,17-20,23-24,26-27,29,31-32,40-41,46,58,63H,11,13,16,21-22,25,28,30H2,1-10H3,(H,56,65)(H,57,64)/b17-14+/t32-,40-,41-,46?/m0/s1. The molecule has 5 heterocycles. The number of aryl methyl sites for hydroxylation is 1. The maximum Gasteiger partial charge on any atom is 0.324 e. The molecule has 2 aromatic carbocycles. The number of amides is 4. The SMILES string of the molecule is CCn1c(-c2cccnc2[C@H](C)OC)c2c3cc(ccc31)-c1cc(O)cc(c1)C[C@H](NC(=O)C(C(C)C)N(C)C(=O)c1ncc(NC(=O)/C=C/CN(C)C)s1)C(=O)N1CCC[C@H](N1)C(=O)OCC(C)(C)C2. The van der Waals surface area contributed by atoms with Crippen molar-refractivity contribution >= 4 is 56.8 Å². The molecular weight excluding hydrogens is 923 g/mol. The third-order valence-electron chi connectivity index (χ3n) is 13.0. The number of hydrogen-bond donors (Lipinski definition) is 4. The number of nitrogens with one attached hydrogen (secondary N) is 3. The molecule has 7 rings (SSSR count). The van der Waals surface area contributed by atoms with Crippen LogP contribution in [0.1, 0.15) is 87.1 Å². The first kappa shape index (κ1) is 52.4. The number of phenolic OH excluding ortho intramolecular Hbond substituents is 1. The number of esters is 1. The molecular formula is C53H67N9O8S. The molecule has 0 aliphatic carbocycles. The lowest BCUT2D eigenvalue weighted by Crippen LogP contribution is -2.62. The number of benzene rings is 2. The van der Waals surface area contributed by atoms with Crippen LogP contribution in [0, 0.1) is 11.3 Å². The Morgan fingerprint density at radius 2 is 1.85 bits per heavy atom. The van der Waals surface area contributed by atoms with Gasteiger partial charge in [-0.1, -0.05) is 57.2 Å². The summed E-state index contributed by atoms with van der Waals surface area (Å²) in [5.41, 5.74) is 9.41. The van der Waals surface area contributed by atoms with E-state index in [1.807, 2.05) is 44.1 Å². The Bertz CT molecular complexity index is 2820. The van der Waals surface area contributed by atoms with Crippen molar-refractivity contribution < 1.29 is 38.6 Å². The number of fused-ring (bicyclic) bond motifs is 6. The zero-order valence-electron chi connectivity index (χ0n) is 42.4. The zero-order valence-corrected chi connectivity index (χ0v) is 43.2. The highest BCUT2D eigenvalue weighted by Crippen LogP contribution is 2.42. The third-order valence-corrected chi connectivity index (χ3v) is 13.9. The van der Waals surface area contributed by atoms with Crippen molar-refractivity contribution in [3.63, 3.8) is 0 Å². The monoisotopic (exact) mass is 989 g/mol. The first-order valence-electron chi connectivity index (χ1n) is 24.1. The number of aromatic nitrogens is 3. The van der Waals surface area contributed by atoms with Crippen LogP contribution in [0.15, 0.2) is 73.1 Å². The Balaban J connectivity index is 1.26. The van der Waals surface area contributed by atoms with E-state index >= 15 is 0 Å². The van der Waals surface area contributed by atoms with Crippen molar-refractivity contribution in [2.45, 2.75) is 98.0 Å². The highest BCUT2D eigenvalue weighted by molar-refractivity contribution is 7.17. The van der Waals surface area contributed by atoms with Gasteiger partial charge in [0.05, 0.1) is 30.3 Å². The van der Waals surface area contributed by atoms with Gasteiger partial charge in [0.1, 0.15) is 28.9 Å². The predicted molar refractivity (Wildman–Crippen MR) is 274 cm³/mol. The van der Waals surface area contributed by atoms with E-state index in [1.54, 1.807) is 45.4 Å². The number of hydrogen-bond acceptors (Lipinski definition) is 13. The van der Waals surface area contributed by atoms with Crippen molar-refractivity contribution in [3.8, 4) is 28.1 Å². The number of thiazole rings is 1. The van der Waals surface area contributed by atoms with Crippen LogP contribution < -0.4 is 16.1 Å². The van der Waals surface area contributed by atoms with E-state index in [-0.39, 0.29) is 42.3 Å². The van der Waals surface area contributed by atoms with Gasteiger partial charge in [-0.2, -0.15) is 0 Å². The highest BCUT2D eigenvalue weighted by atomic mass is 32.1. The van der Waals surface area contributed by atoms with E-state index < -0.39 is 53.1 Å². The average molecular weight is 990 g/mol. The minimum absolute atomic E-state index is 0.0286. The molecule has 1 fully saturated rings.